The van der Waals surface area contributed by atoms with Crippen LogP contribution in [-0.2, 0) is 4.74 Å². The maximum Gasteiger partial charge on any atom is 0.256 e. The summed E-state index contributed by atoms with van der Waals surface area (Å²) in [7, 11) is 1.65. The average molecular weight is 375 g/mol. The number of likely N-dealkylation sites (tertiary alicyclic amines) is 1. The van der Waals surface area contributed by atoms with Gasteiger partial charge in [0, 0.05) is 20.2 Å². The number of hydrogen-bond acceptors (Lipinski definition) is 3. The summed E-state index contributed by atoms with van der Waals surface area (Å²) in [6.45, 7) is 2.63. The van der Waals surface area contributed by atoms with Crippen molar-refractivity contribution in [1.82, 2.24) is 10.2 Å². The third kappa shape index (κ3) is 4.49. The number of nitrogens with one attached hydrogen (secondary N) is 1. The molecule has 4 nitrogen and oxygen atoms in total. The van der Waals surface area contributed by atoms with Crippen molar-refractivity contribution < 1.29 is 18.3 Å². The predicted octanol–water partition coefficient (Wildman–Crippen LogP) is 3.10. The van der Waals surface area contributed by atoms with Crippen molar-refractivity contribution in [2.45, 2.75) is 37.7 Å². The van der Waals surface area contributed by atoms with Crippen LogP contribution in [0.3, 0.4) is 0 Å². The van der Waals surface area contributed by atoms with Gasteiger partial charge in [0.2, 0.25) is 0 Å². The maximum absolute atomic E-state index is 14.5. The first-order chi connectivity index (χ1) is 11.6. The molecule has 0 saturated carbocycles. The molecule has 0 radical (unpaired) electrons. The quantitative estimate of drug-likeness (QED) is 0.884. The topological polar surface area (TPSA) is 41.6 Å². The van der Waals surface area contributed by atoms with E-state index in [-0.39, 0.29) is 30.0 Å². The predicted molar refractivity (Wildman–Crippen MR) is 94.4 cm³/mol. The summed E-state index contributed by atoms with van der Waals surface area (Å²) in [5.74, 6) is -1.51. The molecule has 2 aliphatic rings. The Morgan fingerprint density at radius 2 is 1.76 bits per heavy atom. The van der Waals surface area contributed by atoms with E-state index in [0.29, 0.717) is 18.7 Å². The van der Waals surface area contributed by atoms with Gasteiger partial charge in [-0.2, -0.15) is 0 Å². The van der Waals surface area contributed by atoms with Gasteiger partial charge >= 0.3 is 0 Å². The Morgan fingerprint density at radius 1 is 1.12 bits per heavy atom. The molecule has 2 fully saturated rings. The first-order valence-corrected chi connectivity index (χ1v) is 8.62. The van der Waals surface area contributed by atoms with Crippen molar-refractivity contribution in [2.24, 2.45) is 0 Å². The third-order valence-corrected chi connectivity index (χ3v) is 5.16. The molecule has 7 heteroatoms. The lowest BCUT2D eigenvalue weighted by Crippen LogP contribution is -2.41. The minimum atomic E-state index is -0.621. The van der Waals surface area contributed by atoms with Gasteiger partial charge in [-0.1, -0.05) is 0 Å². The van der Waals surface area contributed by atoms with Crippen LogP contribution in [0.25, 0.3) is 0 Å². The summed E-state index contributed by atoms with van der Waals surface area (Å²) in [5, 5.41) is 3.21. The molecule has 1 aromatic rings. The number of carbonyl (C=O) groups is 1. The highest BCUT2D eigenvalue weighted by molar-refractivity contribution is 5.94. The van der Waals surface area contributed by atoms with Crippen LogP contribution in [0.15, 0.2) is 12.1 Å². The van der Waals surface area contributed by atoms with E-state index in [1.54, 1.807) is 12.0 Å². The largest absolute Gasteiger partial charge is 0.381 e. The number of benzene rings is 1. The second-order valence-corrected chi connectivity index (χ2v) is 6.61. The molecule has 0 atom stereocenters. The molecule has 2 saturated heterocycles. The lowest BCUT2D eigenvalue weighted by atomic mass is 9.89. The second kappa shape index (κ2) is 8.92. The number of carbonyl (C=O) groups excluding carboxylic acids is 1. The molecule has 1 amide bonds. The Labute approximate surface area is 153 Å². The van der Waals surface area contributed by atoms with Crippen molar-refractivity contribution in [3.05, 3.63) is 34.9 Å². The molecule has 3 rings (SSSR count). The average Bonchev–Trinajstić information content (AvgIpc) is 2.63. The number of methoxy groups -OCH3 is 1. The zero-order valence-corrected chi connectivity index (χ0v) is 15.2. The van der Waals surface area contributed by atoms with Gasteiger partial charge in [0.1, 0.15) is 11.6 Å². The van der Waals surface area contributed by atoms with Crippen molar-refractivity contribution in [3.63, 3.8) is 0 Å². The highest BCUT2D eigenvalue weighted by atomic mass is 35.5. The van der Waals surface area contributed by atoms with Gasteiger partial charge in [-0.3, -0.25) is 4.79 Å². The minimum absolute atomic E-state index is 0. The standard InChI is InChI=1S/C18H24F2N2O2.ClH/c1-24-13-4-8-22(9-5-13)18(23)15-11-16(19)14(10-17(15)20)12-2-6-21-7-3-12;/h10-13,21H,2-9H2,1H3;1H. The van der Waals surface area contributed by atoms with E-state index in [0.717, 1.165) is 44.8 Å². The normalized spacial score (nSPS) is 19.6. The van der Waals surface area contributed by atoms with Crippen molar-refractivity contribution in [1.29, 1.82) is 0 Å². The van der Waals surface area contributed by atoms with E-state index in [2.05, 4.69) is 5.32 Å². The lowest BCUT2D eigenvalue weighted by Gasteiger charge is -2.31. The molecule has 0 bridgehead atoms. The smallest absolute Gasteiger partial charge is 0.256 e. The summed E-state index contributed by atoms with van der Waals surface area (Å²) >= 11 is 0. The van der Waals surface area contributed by atoms with Gasteiger partial charge in [-0.25, -0.2) is 8.78 Å². The Bertz CT molecular complexity index is 601. The van der Waals surface area contributed by atoms with Crippen LogP contribution in [0.1, 0.15) is 47.5 Å². The van der Waals surface area contributed by atoms with Crippen LogP contribution in [0.4, 0.5) is 8.78 Å². The number of piperidine rings is 2. The first kappa shape index (κ1) is 20.1. The Morgan fingerprint density at radius 3 is 2.36 bits per heavy atom. The van der Waals surface area contributed by atoms with Gasteiger partial charge in [0.25, 0.3) is 5.91 Å². The molecule has 0 aromatic heterocycles. The third-order valence-electron chi connectivity index (χ3n) is 5.16. The van der Waals surface area contributed by atoms with Crippen LogP contribution in [0, 0.1) is 11.6 Å². The van der Waals surface area contributed by atoms with Gasteiger partial charge in [-0.05, 0) is 62.4 Å². The summed E-state index contributed by atoms with van der Waals surface area (Å²) in [6.07, 6.45) is 3.15. The summed E-state index contributed by atoms with van der Waals surface area (Å²) in [6, 6.07) is 2.30. The van der Waals surface area contributed by atoms with Crippen LogP contribution >= 0.6 is 12.4 Å². The lowest BCUT2D eigenvalue weighted by molar-refractivity contribution is 0.0348. The van der Waals surface area contributed by atoms with Gasteiger partial charge in [-0.15, -0.1) is 12.4 Å². The zero-order valence-electron chi connectivity index (χ0n) is 14.4. The van der Waals surface area contributed by atoms with E-state index >= 15 is 0 Å². The number of nitrogens with zero attached hydrogens (tertiary/aromatic N) is 1. The molecule has 25 heavy (non-hydrogen) atoms. The number of ether oxygens (including phenoxy) is 1. The van der Waals surface area contributed by atoms with Crippen LogP contribution < -0.4 is 5.32 Å². The molecule has 1 aromatic carbocycles. The molecule has 0 unspecified atom stereocenters. The maximum atomic E-state index is 14.5. The fourth-order valence-electron chi connectivity index (χ4n) is 3.64. The van der Waals surface area contributed by atoms with Gasteiger partial charge < -0.3 is 15.0 Å². The molecular formula is C18H25ClF2N2O2. The first-order valence-electron chi connectivity index (χ1n) is 8.62. The number of rotatable bonds is 3. The van der Waals surface area contributed by atoms with E-state index < -0.39 is 17.5 Å². The molecule has 2 aliphatic heterocycles. The summed E-state index contributed by atoms with van der Waals surface area (Å²) in [5.41, 5.74) is 0.227. The summed E-state index contributed by atoms with van der Waals surface area (Å²) in [4.78, 5) is 14.1. The minimum Gasteiger partial charge on any atom is -0.381 e. The van der Waals surface area contributed by atoms with Crippen molar-refractivity contribution in [2.75, 3.05) is 33.3 Å². The molecule has 2 heterocycles. The Hall–Kier alpha value is -1.24. The highest BCUT2D eigenvalue weighted by Crippen LogP contribution is 2.30. The number of amides is 1. The zero-order chi connectivity index (χ0) is 17.1. The second-order valence-electron chi connectivity index (χ2n) is 6.61. The van der Waals surface area contributed by atoms with Crippen molar-refractivity contribution in [3.8, 4) is 0 Å². The van der Waals surface area contributed by atoms with E-state index in [1.807, 2.05) is 0 Å². The monoisotopic (exact) mass is 374 g/mol. The van der Waals surface area contributed by atoms with Crippen molar-refractivity contribution >= 4 is 18.3 Å². The Kier molecular flexibility index (Phi) is 7.16. The summed E-state index contributed by atoms with van der Waals surface area (Å²) < 4.78 is 34.2. The number of hydrogen-bond donors (Lipinski definition) is 1. The number of halogens is 3. The molecule has 0 spiro atoms. The fraction of sp³-hybridized carbons (Fsp3) is 0.611. The molecule has 1 N–H and O–H groups in total. The highest BCUT2D eigenvalue weighted by Gasteiger charge is 2.27. The van der Waals surface area contributed by atoms with Gasteiger partial charge in [0.15, 0.2) is 0 Å². The fourth-order valence-corrected chi connectivity index (χ4v) is 3.64. The van der Waals surface area contributed by atoms with Crippen LogP contribution in [-0.4, -0.2) is 50.2 Å². The molecule has 0 aliphatic carbocycles. The van der Waals surface area contributed by atoms with Crippen LogP contribution in [0.2, 0.25) is 0 Å². The van der Waals surface area contributed by atoms with E-state index in [1.165, 1.54) is 6.07 Å². The SMILES string of the molecule is COC1CCN(C(=O)c2cc(F)c(C3CCNCC3)cc2F)CC1.Cl. The molecular weight excluding hydrogens is 350 g/mol. The Balaban J connectivity index is 0.00000225. The van der Waals surface area contributed by atoms with Crippen LogP contribution in [0.5, 0.6) is 0 Å². The van der Waals surface area contributed by atoms with Gasteiger partial charge in [0.05, 0.1) is 11.7 Å². The van der Waals surface area contributed by atoms with E-state index in [9.17, 15) is 13.6 Å². The molecule has 140 valence electrons. The van der Waals surface area contributed by atoms with E-state index in [4.69, 9.17) is 4.74 Å².